The highest BCUT2D eigenvalue weighted by atomic mass is 16.5. The van der Waals surface area contributed by atoms with Crippen molar-refractivity contribution in [3.63, 3.8) is 0 Å². The van der Waals surface area contributed by atoms with E-state index in [0.29, 0.717) is 29.8 Å². The number of hydrogen-bond acceptors (Lipinski definition) is 3. The van der Waals surface area contributed by atoms with Crippen molar-refractivity contribution in [1.82, 2.24) is 0 Å². The SMILES string of the molecule is C[C@]12CC[C@@H](O)C[C@@H]1CC[C@@H]1[C@@H]2CC[C@@]2(C)[C@H]1OC[C@@]2(C)O. The van der Waals surface area contributed by atoms with E-state index in [4.69, 9.17) is 4.74 Å². The first-order valence-corrected chi connectivity index (χ1v) is 9.30. The second-order valence-corrected chi connectivity index (χ2v) is 9.44. The lowest BCUT2D eigenvalue weighted by Gasteiger charge is -2.60. The molecule has 0 radical (unpaired) electrons. The van der Waals surface area contributed by atoms with Gasteiger partial charge in [0.1, 0.15) is 0 Å². The van der Waals surface area contributed by atoms with Gasteiger partial charge in [-0.15, -0.1) is 0 Å². The Morgan fingerprint density at radius 3 is 2.55 bits per heavy atom. The standard InChI is InChI=1S/C19H32O3/c1-17-8-6-13(20)10-12(17)4-5-14-15(17)7-9-18(2)16(14)22-11-19(18,3)21/h12-16,20-21H,4-11H2,1-3H3/t12-,13+,14+,15-,16-,17-,18-,19+/m0/s1. The largest absolute Gasteiger partial charge is 0.393 e. The van der Waals surface area contributed by atoms with Gasteiger partial charge in [0, 0.05) is 5.41 Å². The zero-order chi connectivity index (χ0) is 15.8. The lowest BCUT2D eigenvalue weighted by atomic mass is 9.45. The molecular formula is C19H32O3. The number of ether oxygens (including phenoxy) is 1. The van der Waals surface area contributed by atoms with Crippen molar-refractivity contribution in [1.29, 1.82) is 0 Å². The normalized spacial score (nSPS) is 61.2. The highest BCUT2D eigenvalue weighted by Crippen LogP contribution is 2.64. The molecule has 1 heterocycles. The van der Waals surface area contributed by atoms with E-state index in [-0.39, 0.29) is 17.6 Å². The maximum absolute atomic E-state index is 10.8. The Labute approximate surface area is 134 Å². The van der Waals surface area contributed by atoms with Crippen LogP contribution in [0.4, 0.5) is 0 Å². The highest BCUT2D eigenvalue weighted by Gasteiger charge is 2.64. The predicted octanol–water partition coefficient (Wildman–Crippen LogP) is 3.13. The summed E-state index contributed by atoms with van der Waals surface area (Å²) in [6.45, 7) is 7.20. The molecule has 3 heteroatoms. The molecule has 4 aliphatic rings. The van der Waals surface area contributed by atoms with E-state index < -0.39 is 5.60 Å². The van der Waals surface area contributed by atoms with E-state index in [1.807, 2.05) is 6.92 Å². The summed E-state index contributed by atoms with van der Waals surface area (Å²) in [7, 11) is 0. The molecule has 4 rings (SSSR count). The third-order valence-electron chi connectivity index (χ3n) is 8.48. The number of aliphatic hydroxyl groups excluding tert-OH is 1. The van der Waals surface area contributed by atoms with Gasteiger partial charge >= 0.3 is 0 Å². The van der Waals surface area contributed by atoms with Gasteiger partial charge in [0.15, 0.2) is 0 Å². The topological polar surface area (TPSA) is 49.7 Å². The van der Waals surface area contributed by atoms with E-state index in [1.165, 1.54) is 25.7 Å². The molecule has 0 aromatic rings. The molecule has 0 aromatic heterocycles. The molecule has 3 aliphatic carbocycles. The third-order valence-corrected chi connectivity index (χ3v) is 8.48. The van der Waals surface area contributed by atoms with Gasteiger partial charge in [0.05, 0.1) is 24.4 Å². The van der Waals surface area contributed by atoms with Crippen molar-refractivity contribution in [2.75, 3.05) is 6.61 Å². The Bertz CT molecular complexity index is 462. The lowest BCUT2D eigenvalue weighted by Crippen LogP contribution is -2.58. The van der Waals surface area contributed by atoms with Crippen LogP contribution in [0.25, 0.3) is 0 Å². The van der Waals surface area contributed by atoms with Crippen molar-refractivity contribution < 1.29 is 14.9 Å². The van der Waals surface area contributed by atoms with Crippen molar-refractivity contribution in [2.45, 2.75) is 83.5 Å². The smallest absolute Gasteiger partial charge is 0.0930 e. The molecule has 4 fully saturated rings. The highest BCUT2D eigenvalue weighted by molar-refractivity contribution is 5.13. The van der Waals surface area contributed by atoms with Crippen LogP contribution in [0.5, 0.6) is 0 Å². The molecule has 2 N–H and O–H groups in total. The summed E-state index contributed by atoms with van der Waals surface area (Å²) in [5.74, 6) is 2.00. The van der Waals surface area contributed by atoms with Crippen molar-refractivity contribution in [2.24, 2.45) is 28.6 Å². The Balaban J connectivity index is 1.64. The molecular weight excluding hydrogens is 276 g/mol. The van der Waals surface area contributed by atoms with Crippen LogP contribution >= 0.6 is 0 Å². The molecule has 1 aliphatic heterocycles. The summed E-state index contributed by atoms with van der Waals surface area (Å²) >= 11 is 0. The molecule has 3 saturated carbocycles. The van der Waals surface area contributed by atoms with Crippen LogP contribution in [0.1, 0.15) is 65.7 Å². The third kappa shape index (κ3) is 1.85. The molecule has 1 saturated heterocycles. The van der Waals surface area contributed by atoms with E-state index in [1.54, 1.807) is 0 Å². The van der Waals surface area contributed by atoms with Crippen molar-refractivity contribution >= 4 is 0 Å². The van der Waals surface area contributed by atoms with Gasteiger partial charge in [-0.1, -0.05) is 13.8 Å². The van der Waals surface area contributed by atoms with Crippen LogP contribution in [-0.4, -0.2) is 34.6 Å². The maximum Gasteiger partial charge on any atom is 0.0930 e. The van der Waals surface area contributed by atoms with Crippen LogP contribution in [-0.2, 0) is 4.74 Å². The van der Waals surface area contributed by atoms with Crippen molar-refractivity contribution in [3.05, 3.63) is 0 Å². The quantitative estimate of drug-likeness (QED) is 0.723. The summed E-state index contributed by atoms with van der Waals surface area (Å²) < 4.78 is 6.19. The van der Waals surface area contributed by atoms with E-state index in [0.717, 1.165) is 19.3 Å². The summed E-state index contributed by atoms with van der Waals surface area (Å²) in [6, 6.07) is 0. The number of aliphatic hydroxyl groups is 2. The minimum atomic E-state index is -0.677. The van der Waals surface area contributed by atoms with Gasteiger partial charge < -0.3 is 14.9 Å². The van der Waals surface area contributed by atoms with E-state index in [2.05, 4.69) is 13.8 Å². The van der Waals surface area contributed by atoms with Gasteiger partial charge in [-0.3, -0.25) is 0 Å². The van der Waals surface area contributed by atoms with E-state index in [9.17, 15) is 10.2 Å². The minimum Gasteiger partial charge on any atom is -0.393 e. The first kappa shape index (κ1) is 15.4. The zero-order valence-electron chi connectivity index (χ0n) is 14.3. The van der Waals surface area contributed by atoms with Crippen LogP contribution in [0.3, 0.4) is 0 Å². The van der Waals surface area contributed by atoms with Crippen LogP contribution < -0.4 is 0 Å². The Morgan fingerprint density at radius 1 is 1.00 bits per heavy atom. The van der Waals surface area contributed by atoms with Gasteiger partial charge in [-0.2, -0.15) is 0 Å². The average Bonchev–Trinajstić information content (AvgIpc) is 2.70. The Hall–Kier alpha value is -0.120. The van der Waals surface area contributed by atoms with Gasteiger partial charge in [0.2, 0.25) is 0 Å². The fourth-order valence-electron chi connectivity index (χ4n) is 6.69. The molecule has 22 heavy (non-hydrogen) atoms. The molecule has 0 amide bonds. The number of rotatable bonds is 0. The molecule has 0 spiro atoms. The molecule has 0 aromatic carbocycles. The summed E-state index contributed by atoms with van der Waals surface area (Å²) in [5.41, 5.74) is -0.379. The summed E-state index contributed by atoms with van der Waals surface area (Å²) in [5, 5.41) is 20.9. The minimum absolute atomic E-state index is 0.0769. The zero-order valence-corrected chi connectivity index (χ0v) is 14.3. The average molecular weight is 308 g/mol. The van der Waals surface area contributed by atoms with Crippen LogP contribution in [0, 0.1) is 28.6 Å². The summed E-state index contributed by atoms with van der Waals surface area (Å²) in [6.07, 6.45) is 8.03. The van der Waals surface area contributed by atoms with Gasteiger partial charge in [0.25, 0.3) is 0 Å². The van der Waals surface area contributed by atoms with Crippen LogP contribution in [0.2, 0.25) is 0 Å². The molecule has 0 unspecified atom stereocenters. The van der Waals surface area contributed by atoms with Crippen molar-refractivity contribution in [3.8, 4) is 0 Å². The van der Waals surface area contributed by atoms with E-state index >= 15 is 0 Å². The fourth-order valence-corrected chi connectivity index (χ4v) is 6.69. The predicted molar refractivity (Wildman–Crippen MR) is 85.4 cm³/mol. The Morgan fingerprint density at radius 2 is 1.77 bits per heavy atom. The van der Waals surface area contributed by atoms with Crippen LogP contribution in [0.15, 0.2) is 0 Å². The second-order valence-electron chi connectivity index (χ2n) is 9.44. The fraction of sp³-hybridized carbons (Fsp3) is 1.00. The first-order valence-electron chi connectivity index (χ1n) is 9.30. The molecule has 3 nitrogen and oxygen atoms in total. The van der Waals surface area contributed by atoms with Gasteiger partial charge in [-0.25, -0.2) is 0 Å². The maximum atomic E-state index is 10.8. The first-order chi connectivity index (χ1) is 10.3. The lowest BCUT2D eigenvalue weighted by molar-refractivity contribution is -0.157. The molecule has 126 valence electrons. The number of fused-ring (bicyclic) bond motifs is 5. The molecule has 8 atom stereocenters. The molecule has 0 bridgehead atoms. The monoisotopic (exact) mass is 308 g/mol. The second kappa shape index (κ2) is 4.70. The number of hydrogen-bond donors (Lipinski definition) is 2. The Kier molecular flexibility index (Phi) is 3.30. The summed E-state index contributed by atoms with van der Waals surface area (Å²) in [4.78, 5) is 0. The van der Waals surface area contributed by atoms with Gasteiger partial charge in [-0.05, 0) is 75.0 Å².